The molecule has 1 fully saturated rings. The first kappa shape index (κ1) is 29.1. The Morgan fingerprint density at radius 1 is 1.00 bits per heavy atom. The first-order valence-electron chi connectivity index (χ1n) is 10.5. The minimum Gasteiger partial charge on any atom is -0.467 e. The maximum absolute atomic E-state index is 12.1. The summed E-state index contributed by atoms with van der Waals surface area (Å²) in [4.78, 5) is 58.6. The summed E-state index contributed by atoms with van der Waals surface area (Å²) in [5, 5.41) is 2.35. The molecule has 13 nitrogen and oxygen atoms in total. The topological polar surface area (TPSA) is 162 Å². The molecule has 1 rings (SSSR count). The largest absolute Gasteiger partial charge is 0.467 e. The molecule has 1 heterocycles. The molecule has 1 saturated heterocycles. The summed E-state index contributed by atoms with van der Waals surface area (Å²) in [5.74, 6) is -2.71. The van der Waals surface area contributed by atoms with E-state index in [9.17, 15) is 24.0 Å². The molecule has 0 spiro atoms. The van der Waals surface area contributed by atoms with Crippen molar-refractivity contribution >= 4 is 30.0 Å². The fourth-order valence-corrected chi connectivity index (χ4v) is 2.97. The van der Waals surface area contributed by atoms with Crippen LogP contribution in [0.1, 0.15) is 48.0 Å². The van der Waals surface area contributed by atoms with E-state index in [0.717, 1.165) is 7.11 Å². The van der Waals surface area contributed by atoms with E-state index in [1.54, 1.807) is 20.8 Å². The maximum Gasteiger partial charge on any atom is 0.408 e. The SMILES string of the molecule is COC(=O)[C@H](COC1CC(OC(C)=O)C(OC(C)=O)C(COC(C)=O)O1)NC(=O)OC(C)(C)C. The van der Waals surface area contributed by atoms with Gasteiger partial charge in [-0.3, -0.25) is 14.4 Å². The van der Waals surface area contributed by atoms with Crippen LogP contribution in [0.2, 0.25) is 0 Å². The molecule has 194 valence electrons. The minimum absolute atomic E-state index is 0.0750. The smallest absolute Gasteiger partial charge is 0.408 e. The molecule has 0 aliphatic carbocycles. The Labute approximate surface area is 197 Å². The van der Waals surface area contributed by atoms with Crippen molar-refractivity contribution in [3.05, 3.63) is 0 Å². The highest BCUT2D eigenvalue weighted by Gasteiger charge is 2.44. The van der Waals surface area contributed by atoms with Crippen LogP contribution in [-0.4, -0.2) is 86.5 Å². The van der Waals surface area contributed by atoms with Crippen LogP contribution in [0.25, 0.3) is 0 Å². The summed E-state index contributed by atoms with van der Waals surface area (Å²) in [7, 11) is 1.14. The Bertz CT molecular complexity index is 747. The van der Waals surface area contributed by atoms with Gasteiger partial charge in [-0.05, 0) is 20.8 Å². The number of rotatable bonds is 9. The van der Waals surface area contributed by atoms with E-state index in [2.05, 4.69) is 10.1 Å². The van der Waals surface area contributed by atoms with E-state index >= 15 is 0 Å². The van der Waals surface area contributed by atoms with E-state index in [1.807, 2.05) is 0 Å². The molecule has 13 heteroatoms. The van der Waals surface area contributed by atoms with E-state index in [-0.39, 0.29) is 19.6 Å². The van der Waals surface area contributed by atoms with E-state index in [1.165, 1.54) is 20.8 Å². The molecule has 1 amide bonds. The van der Waals surface area contributed by atoms with Gasteiger partial charge in [0.05, 0.1) is 13.7 Å². The number of methoxy groups -OCH3 is 1. The first-order valence-corrected chi connectivity index (χ1v) is 10.5. The summed E-state index contributed by atoms with van der Waals surface area (Å²) in [6.45, 7) is 7.79. The molecule has 0 radical (unpaired) electrons. The van der Waals surface area contributed by atoms with Crippen molar-refractivity contribution < 1.29 is 57.1 Å². The van der Waals surface area contributed by atoms with Crippen molar-refractivity contribution in [2.45, 2.75) is 84.2 Å². The molecule has 34 heavy (non-hydrogen) atoms. The summed E-state index contributed by atoms with van der Waals surface area (Å²) in [5.41, 5.74) is -0.801. The molecular weight excluding hydrogens is 458 g/mol. The number of esters is 4. The molecule has 1 N–H and O–H groups in total. The number of hydrogen-bond donors (Lipinski definition) is 1. The predicted molar refractivity (Wildman–Crippen MR) is 112 cm³/mol. The number of hydrogen-bond acceptors (Lipinski definition) is 12. The van der Waals surface area contributed by atoms with Crippen molar-refractivity contribution in [2.75, 3.05) is 20.3 Å². The van der Waals surface area contributed by atoms with Crippen LogP contribution in [0.5, 0.6) is 0 Å². The number of ether oxygens (including phenoxy) is 7. The maximum atomic E-state index is 12.1. The Kier molecular flexibility index (Phi) is 11.2. The second kappa shape index (κ2) is 13.1. The van der Waals surface area contributed by atoms with Gasteiger partial charge in [0.25, 0.3) is 0 Å². The fraction of sp³-hybridized carbons (Fsp3) is 0.762. The van der Waals surface area contributed by atoms with Crippen LogP contribution < -0.4 is 5.32 Å². The van der Waals surface area contributed by atoms with Crippen LogP contribution in [0.15, 0.2) is 0 Å². The van der Waals surface area contributed by atoms with Gasteiger partial charge in [0, 0.05) is 27.2 Å². The van der Waals surface area contributed by atoms with Gasteiger partial charge in [-0.15, -0.1) is 0 Å². The normalized spacial score (nSPS) is 23.1. The monoisotopic (exact) mass is 491 g/mol. The molecule has 0 aromatic heterocycles. The molecule has 0 bridgehead atoms. The van der Waals surface area contributed by atoms with Gasteiger partial charge in [0.15, 0.2) is 18.4 Å². The lowest BCUT2D eigenvalue weighted by atomic mass is 10.0. The van der Waals surface area contributed by atoms with Crippen molar-refractivity contribution in [1.29, 1.82) is 0 Å². The van der Waals surface area contributed by atoms with Crippen LogP contribution in [-0.2, 0) is 52.3 Å². The van der Waals surface area contributed by atoms with Crippen LogP contribution in [0, 0.1) is 0 Å². The Morgan fingerprint density at radius 2 is 1.62 bits per heavy atom. The van der Waals surface area contributed by atoms with Crippen molar-refractivity contribution in [1.82, 2.24) is 5.32 Å². The number of alkyl carbamates (subject to hydrolysis) is 1. The van der Waals surface area contributed by atoms with E-state index in [4.69, 9.17) is 28.4 Å². The molecule has 1 aliphatic heterocycles. The Balaban J connectivity index is 2.97. The van der Waals surface area contributed by atoms with Gasteiger partial charge in [-0.1, -0.05) is 0 Å². The summed E-state index contributed by atoms with van der Waals surface area (Å²) in [6.07, 6.45) is -5.12. The summed E-state index contributed by atoms with van der Waals surface area (Å²) >= 11 is 0. The third kappa shape index (κ3) is 10.8. The Morgan fingerprint density at radius 3 is 2.12 bits per heavy atom. The quantitative estimate of drug-likeness (QED) is 0.354. The molecule has 1 aliphatic rings. The second-order valence-electron chi connectivity index (χ2n) is 8.42. The van der Waals surface area contributed by atoms with Gasteiger partial charge >= 0.3 is 30.0 Å². The van der Waals surface area contributed by atoms with E-state index in [0.29, 0.717) is 0 Å². The van der Waals surface area contributed by atoms with Crippen LogP contribution >= 0.6 is 0 Å². The predicted octanol–water partition coefficient (Wildman–Crippen LogP) is 0.611. The average molecular weight is 491 g/mol. The minimum atomic E-state index is -1.24. The van der Waals surface area contributed by atoms with Gasteiger partial charge < -0.3 is 38.5 Å². The molecule has 0 aromatic rings. The van der Waals surface area contributed by atoms with Crippen LogP contribution in [0.4, 0.5) is 4.79 Å². The standard InChI is InChI=1S/C21H33NO12/c1-11(23)29-10-16-18(32-13(3)25)15(31-12(2)24)8-17(33-16)30-9-14(19(26)28-7)22-20(27)34-21(4,5)6/h14-18H,8-10H2,1-7H3,(H,22,27)/t14-,15?,16?,17?,18?/m0/s1. The first-order chi connectivity index (χ1) is 15.7. The van der Waals surface area contributed by atoms with Crippen molar-refractivity contribution in [2.24, 2.45) is 0 Å². The van der Waals surface area contributed by atoms with E-state index < -0.39 is 66.2 Å². The lowest BCUT2D eigenvalue weighted by Gasteiger charge is -2.40. The summed E-state index contributed by atoms with van der Waals surface area (Å²) < 4.78 is 36.7. The highest BCUT2D eigenvalue weighted by Crippen LogP contribution is 2.27. The summed E-state index contributed by atoms with van der Waals surface area (Å²) in [6, 6.07) is -1.24. The lowest BCUT2D eigenvalue weighted by Crippen LogP contribution is -2.55. The zero-order chi connectivity index (χ0) is 26.1. The number of amides is 1. The van der Waals surface area contributed by atoms with Gasteiger partial charge in [-0.2, -0.15) is 0 Å². The third-order valence-electron chi connectivity index (χ3n) is 4.18. The highest BCUT2D eigenvalue weighted by molar-refractivity contribution is 5.81. The Hall–Kier alpha value is -2.93. The molecular formula is C21H33NO12. The lowest BCUT2D eigenvalue weighted by molar-refractivity contribution is -0.267. The molecule has 5 atom stereocenters. The van der Waals surface area contributed by atoms with Crippen molar-refractivity contribution in [3.8, 4) is 0 Å². The van der Waals surface area contributed by atoms with Crippen LogP contribution in [0.3, 0.4) is 0 Å². The van der Waals surface area contributed by atoms with Gasteiger partial charge in [0.2, 0.25) is 0 Å². The van der Waals surface area contributed by atoms with Crippen molar-refractivity contribution in [3.63, 3.8) is 0 Å². The zero-order valence-electron chi connectivity index (χ0n) is 20.4. The molecule has 4 unspecified atom stereocenters. The molecule has 0 aromatic carbocycles. The highest BCUT2D eigenvalue weighted by atomic mass is 16.7. The van der Waals surface area contributed by atoms with Gasteiger partial charge in [0.1, 0.15) is 24.4 Å². The van der Waals surface area contributed by atoms with Gasteiger partial charge in [-0.25, -0.2) is 9.59 Å². The average Bonchev–Trinajstić information content (AvgIpc) is 2.68. The fourth-order valence-electron chi connectivity index (χ4n) is 2.97. The number of carbonyl (C=O) groups is 5. The number of carbonyl (C=O) groups excluding carboxylic acids is 5. The second-order valence-corrected chi connectivity index (χ2v) is 8.42. The third-order valence-corrected chi connectivity index (χ3v) is 4.18. The molecule has 0 saturated carbocycles. The number of nitrogens with one attached hydrogen (secondary N) is 1. The zero-order valence-corrected chi connectivity index (χ0v) is 20.4.